The Hall–Kier alpha value is -1.91. The number of hydrogen-bond acceptors (Lipinski definition) is 3. The molecule has 0 saturated carbocycles. The third-order valence-corrected chi connectivity index (χ3v) is 4.72. The smallest absolute Gasteiger partial charge is 0.251 e. The molecule has 0 aromatic carbocycles. The van der Waals surface area contributed by atoms with Crippen LogP contribution in [0.2, 0.25) is 0 Å². The molecule has 132 valence electrons. The summed E-state index contributed by atoms with van der Waals surface area (Å²) in [5.41, 5.74) is 2.14. The van der Waals surface area contributed by atoms with Crippen molar-refractivity contribution in [3.63, 3.8) is 0 Å². The van der Waals surface area contributed by atoms with E-state index in [9.17, 15) is 9.59 Å². The van der Waals surface area contributed by atoms with Crippen LogP contribution in [0, 0.1) is 12.3 Å². The van der Waals surface area contributed by atoms with Gasteiger partial charge in [0.1, 0.15) is 5.82 Å². The second kappa shape index (κ2) is 7.77. The van der Waals surface area contributed by atoms with Gasteiger partial charge in [0.25, 0.3) is 5.56 Å². The van der Waals surface area contributed by atoms with Crippen LogP contribution in [-0.4, -0.2) is 33.9 Å². The lowest BCUT2D eigenvalue weighted by Crippen LogP contribution is -2.46. The lowest BCUT2D eigenvalue weighted by Gasteiger charge is -2.40. The normalized spacial score (nSPS) is 21.0. The minimum atomic E-state index is -0.131. The monoisotopic (exact) mass is 331 g/mol. The van der Waals surface area contributed by atoms with Gasteiger partial charge >= 0.3 is 0 Å². The molecule has 1 fully saturated rings. The van der Waals surface area contributed by atoms with Crippen molar-refractivity contribution in [1.82, 2.24) is 14.9 Å². The minimum absolute atomic E-state index is 0.131. The number of hydrogen-bond donors (Lipinski definition) is 1. The average Bonchev–Trinajstić information content (AvgIpc) is 2.47. The number of rotatable bonds is 6. The zero-order chi connectivity index (χ0) is 17.7. The van der Waals surface area contributed by atoms with Gasteiger partial charge in [-0.25, -0.2) is 4.98 Å². The molecule has 1 atom stereocenters. The van der Waals surface area contributed by atoms with E-state index < -0.39 is 0 Å². The van der Waals surface area contributed by atoms with Gasteiger partial charge in [0.05, 0.1) is 0 Å². The number of nitrogens with zero attached hydrogens (tertiary/aromatic N) is 2. The Balaban J connectivity index is 1.96. The van der Waals surface area contributed by atoms with Gasteiger partial charge in [0, 0.05) is 37.7 Å². The van der Waals surface area contributed by atoms with E-state index in [1.54, 1.807) is 6.92 Å². The Kier molecular flexibility index (Phi) is 5.97. The highest BCUT2D eigenvalue weighted by molar-refractivity contribution is 5.77. The number of aromatic amines is 1. The van der Waals surface area contributed by atoms with Crippen LogP contribution >= 0.6 is 0 Å². The Morgan fingerprint density at radius 1 is 1.42 bits per heavy atom. The quantitative estimate of drug-likeness (QED) is 0.815. The van der Waals surface area contributed by atoms with Crippen molar-refractivity contribution < 1.29 is 4.79 Å². The summed E-state index contributed by atoms with van der Waals surface area (Å²) in [6.07, 6.45) is 6.64. The zero-order valence-corrected chi connectivity index (χ0v) is 15.3. The number of likely N-dealkylation sites (tertiary alicyclic amines) is 1. The van der Waals surface area contributed by atoms with Crippen molar-refractivity contribution in [1.29, 1.82) is 0 Å². The Morgan fingerprint density at radius 2 is 2.17 bits per heavy atom. The number of aromatic nitrogens is 2. The molecular formula is C19H29N3O2. The summed E-state index contributed by atoms with van der Waals surface area (Å²) in [4.78, 5) is 32.7. The lowest BCUT2D eigenvalue weighted by molar-refractivity contribution is -0.137. The van der Waals surface area contributed by atoms with Gasteiger partial charge in [0.2, 0.25) is 5.91 Å². The van der Waals surface area contributed by atoms with E-state index in [0.29, 0.717) is 25.2 Å². The fourth-order valence-electron chi connectivity index (χ4n) is 3.33. The molecular weight excluding hydrogens is 302 g/mol. The first-order valence-electron chi connectivity index (χ1n) is 8.75. The minimum Gasteiger partial charge on any atom is -0.342 e. The van der Waals surface area contributed by atoms with Crippen molar-refractivity contribution >= 4 is 5.91 Å². The number of amides is 1. The van der Waals surface area contributed by atoms with E-state index in [4.69, 9.17) is 0 Å². The van der Waals surface area contributed by atoms with Gasteiger partial charge < -0.3 is 9.88 Å². The molecule has 5 heteroatoms. The number of carbonyl (C=O) groups is 1. The van der Waals surface area contributed by atoms with E-state index >= 15 is 0 Å². The van der Waals surface area contributed by atoms with Crippen LogP contribution in [0.25, 0.3) is 0 Å². The van der Waals surface area contributed by atoms with Gasteiger partial charge in [0.15, 0.2) is 0 Å². The number of allylic oxidation sites excluding steroid dienone is 2. The molecule has 1 aliphatic heterocycles. The van der Waals surface area contributed by atoms with E-state index in [1.165, 1.54) is 11.6 Å². The third-order valence-electron chi connectivity index (χ3n) is 4.72. The maximum absolute atomic E-state index is 12.2. The first-order chi connectivity index (χ1) is 11.3. The van der Waals surface area contributed by atoms with E-state index in [1.807, 2.05) is 4.90 Å². The summed E-state index contributed by atoms with van der Waals surface area (Å²) >= 11 is 0. The first kappa shape index (κ1) is 18.4. The largest absolute Gasteiger partial charge is 0.342 e. The Bertz CT molecular complexity index is 673. The van der Waals surface area contributed by atoms with Crippen molar-refractivity contribution in [2.24, 2.45) is 5.41 Å². The van der Waals surface area contributed by atoms with Crippen LogP contribution in [-0.2, 0) is 11.2 Å². The van der Waals surface area contributed by atoms with Crippen LogP contribution in [0.15, 0.2) is 22.5 Å². The molecule has 1 aliphatic rings. The Labute approximate surface area is 144 Å². The van der Waals surface area contributed by atoms with E-state index in [-0.39, 0.29) is 16.9 Å². The number of piperidine rings is 1. The molecule has 1 aromatic heterocycles. The maximum Gasteiger partial charge on any atom is 0.251 e. The van der Waals surface area contributed by atoms with Gasteiger partial charge in [-0.05, 0) is 45.4 Å². The van der Waals surface area contributed by atoms with Crippen LogP contribution < -0.4 is 5.56 Å². The molecule has 1 aromatic rings. The highest BCUT2D eigenvalue weighted by Gasteiger charge is 2.34. The summed E-state index contributed by atoms with van der Waals surface area (Å²) in [6.45, 7) is 9.72. The highest BCUT2D eigenvalue weighted by atomic mass is 16.2. The van der Waals surface area contributed by atoms with Crippen LogP contribution in [0.3, 0.4) is 0 Å². The first-order valence-corrected chi connectivity index (χ1v) is 8.75. The SMILES string of the molecule is CC(C)=CCCC1(C)CCC(=O)N(CCc2cc(=O)[nH]c(C)n2)C1. The summed E-state index contributed by atoms with van der Waals surface area (Å²) in [7, 11) is 0. The van der Waals surface area contributed by atoms with Crippen LogP contribution in [0.5, 0.6) is 0 Å². The molecule has 0 spiro atoms. The zero-order valence-electron chi connectivity index (χ0n) is 15.3. The molecule has 24 heavy (non-hydrogen) atoms. The van der Waals surface area contributed by atoms with Crippen LogP contribution in [0.4, 0.5) is 0 Å². The predicted octanol–water partition coefficient (Wildman–Crippen LogP) is 3.00. The van der Waals surface area contributed by atoms with Crippen molar-refractivity contribution in [3.8, 4) is 0 Å². The maximum atomic E-state index is 12.2. The van der Waals surface area contributed by atoms with Gasteiger partial charge in [-0.2, -0.15) is 0 Å². The van der Waals surface area contributed by atoms with Crippen molar-refractivity contribution in [2.75, 3.05) is 13.1 Å². The molecule has 1 amide bonds. The molecule has 1 saturated heterocycles. The lowest BCUT2D eigenvalue weighted by atomic mass is 9.77. The van der Waals surface area contributed by atoms with Crippen LogP contribution in [0.1, 0.15) is 58.0 Å². The molecule has 1 N–H and O–H groups in total. The molecule has 0 bridgehead atoms. The summed E-state index contributed by atoms with van der Waals surface area (Å²) < 4.78 is 0. The predicted molar refractivity (Wildman–Crippen MR) is 95.9 cm³/mol. The summed E-state index contributed by atoms with van der Waals surface area (Å²) in [6, 6.07) is 1.52. The second-order valence-electron chi connectivity index (χ2n) is 7.52. The molecule has 2 heterocycles. The van der Waals surface area contributed by atoms with Gasteiger partial charge in [-0.3, -0.25) is 9.59 Å². The van der Waals surface area contributed by atoms with E-state index in [2.05, 4.69) is 36.8 Å². The number of H-pyrrole nitrogens is 1. The number of aryl methyl sites for hydroxylation is 1. The standard InChI is InChI=1S/C19H29N3O2/c1-14(2)6-5-9-19(4)10-7-18(24)22(13-19)11-8-16-12-17(23)21-15(3)20-16/h6,12H,5,7-11,13H2,1-4H3,(H,20,21,23). The van der Waals surface area contributed by atoms with Gasteiger partial charge in [-0.1, -0.05) is 18.6 Å². The highest BCUT2D eigenvalue weighted by Crippen LogP contribution is 2.34. The fourth-order valence-corrected chi connectivity index (χ4v) is 3.33. The average molecular weight is 331 g/mol. The molecule has 1 unspecified atom stereocenters. The molecule has 5 nitrogen and oxygen atoms in total. The summed E-state index contributed by atoms with van der Waals surface area (Å²) in [5.74, 6) is 0.838. The number of nitrogens with one attached hydrogen (secondary N) is 1. The van der Waals surface area contributed by atoms with Crippen molar-refractivity contribution in [3.05, 3.63) is 39.6 Å². The molecule has 0 aliphatic carbocycles. The van der Waals surface area contributed by atoms with Crippen molar-refractivity contribution in [2.45, 2.75) is 59.8 Å². The van der Waals surface area contributed by atoms with Gasteiger partial charge in [-0.15, -0.1) is 0 Å². The third kappa shape index (κ3) is 5.32. The topological polar surface area (TPSA) is 66.1 Å². The van der Waals surface area contributed by atoms with E-state index in [0.717, 1.165) is 31.5 Å². The molecule has 0 radical (unpaired) electrons. The Morgan fingerprint density at radius 3 is 2.83 bits per heavy atom. The molecule has 2 rings (SSSR count). The fraction of sp³-hybridized carbons (Fsp3) is 0.632. The second-order valence-corrected chi connectivity index (χ2v) is 7.52. The summed E-state index contributed by atoms with van der Waals surface area (Å²) in [5, 5.41) is 0. The number of carbonyl (C=O) groups excluding carboxylic acids is 1.